The Labute approximate surface area is 159 Å². The zero-order chi connectivity index (χ0) is 18.5. The Morgan fingerprint density at radius 3 is 2.81 bits per heavy atom. The van der Waals surface area contributed by atoms with Crippen LogP contribution in [-0.2, 0) is 17.6 Å². The number of nitrogens with zero attached hydrogens (tertiary/aromatic N) is 4. The Kier molecular flexibility index (Phi) is 5.15. The lowest BCUT2D eigenvalue weighted by atomic mass is 10.3. The molecule has 0 radical (unpaired) electrons. The summed E-state index contributed by atoms with van der Waals surface area (Å²) in [5, 5.41) is 7.77. The zero-order valence-electron chi connectivity index (χ0n) is 14.5. The van der Waals surface area contributed by atoms with Gasteiger partial charge < -0.3 is 9.84 Å². The number of hydrogen-bond acceptors (Lipinski definition) is 7. The van der Waals surface area contributed by atoms with Crippen LogP contribution in [0.5, 0.6) is 0 Å². The number of aryl methyl sites for hydroxylation is 1. The molecular weight excluding hydrogens is 362 g/mol. The van der Waals surface area contributed by atoms with Gasteiger partial charge in [-0.3, -0.25) is 9.78 Å². The number of para-hydroxylation sites is 1. The first-order valence-electron chi connectivity index (χ1n) is 8.63. The molecule has 0 spiro atoms. The summed E-state index contributed by atoms with van der Waals surface area (Å²) in [5.41, 5.74) is 1.64. The summed E-state index contributed by atoms with van der Waals surface area (Å²) in [7, 11) is 0. The Balaban J connectivity index is 1.23. The van der Waals surface area contributed by atoms with Crippen LogP contribution in [0.15, 0.2) is 53.2 Å². The van der Waals surface area contributed by atoms with Gasteiger partial charge in [0, 0.05) is 32.0 Å². The smallest absolute Gasteiger partial charge is 0.228 e. The summed E-state index contributed by atoms with van der Waals surface area (Å²) in [6.45, 7) is 0.447. The highest BCUT2D eigenvalue weighted by Crippen LogP contribution is 2.22. The molecule has 0 aliphatic rings. The average Bonchev–Trinajstić information content (AvgIpc) is 3.34. The van der Waals surface area contributed by atoms with Gasteiger partial charge in [0.25, 0.3) is 0 Å². The molecule has 0 bridgehead atoms. The minimum absolute atomic E-state index is 0.0151. The van der Waals surface area contributed by atoms with Crippen LogP contribution in [0.2, 0.25) is 0 Å². The van der Waals surface area contributed by atoms with Crippen LogP contribution < -0.4 is 5.32 Å². The number of aromatic nitrogens is 4. The summed E-state index contributed by atoms with van der Waals surface area (Å²) < 4.78 is 6.35. The van der Waals surface area contributed by atoms with E-state index >= 15 is 0 Å². The van der Waals surface area contributed by atoms with Gasteiger partial charge in [0.2, 0.25) is 17.6 Å². The van der Waals surface area contributed by atoms with Gasteiger partial charge in [-0.15, -0.1) is 11.3 Å². The predicted molar refractivity (Wildman–Crippen MR) is 102 cm³/mol. The molecule has 3 aromatic heterocycles. The quantitative estimate of drug-likeness (QED) is 0.530. The molecule has 0 aliphatic carbocycles. The normalized spacial score (nSPS) is 11.0. The highest BCUT2D eigenvalue weighted by molar-refractivity contribution is 7.18. The van der Waals surface area contributed by atoms with Crippen LogP contribution in [0.3, 0.4) is 0 Å². The van der Waals surface area contributed by atoms with Crippen molar-refractivity contribution in [2.24, 2.45) is 0 Å². The van der Waals surface area contributed by atoms with Gasteiger partial charge >= 0.3 is 0 Å². The molecule has 136 valence electrons. The number of rotatable bonds is 7. The third kappa shape index (κ3) is 4.35. The minimum Gasteiger partial charge on any atom is -0.356 e. The summed E-state index contributed by atoms with van der Waals surface area (Å²) in [6.07, 6.45) is 3.20. The van der Waals surface area contributed by atoms with E-state index in [0.29, 0.717) is 43.2 Å². The molecule has 7 nitrogen and oxygen atoms in total. The second kappa shape index (κ2) is 8.05. The molecule has 1 N–H and O–H groups in total. The van der Waals surface area contributed by atoms with Gasteiger partial charge in [-0.25, -0.2) is 4.98 Å². The van der Waals surface area contributed by atoms with E-state index in [1.165, 1.54) is 0 Å². The molecule has 0 fully saturated rings. The molecule has 4 rings (SSSR count). The Morgan fingerprint density at radius 2 is 1.96 bits per heavy atom. The molecule has 8 heteroatoms. The fourth-order valence-electron chi connectivity index (χ4n) is 2.60. The second-order valence-electron chi connectivity index (χ2n) is 5.90. The molecule has 0 saturated carbocycles. The Bertz CT molecular complexity index is 1010. The molecule has 0 saturated heterocycles. The number of thiazole rings is 1. The van der Waals surface area contributed by atoms with E-state index in [0.717, 1.165) is 15.2 Å². The van der Waals surface area contributed by atoms with E-state index < -0.39 is 0 Å². The molecule has 1 amide bonds. The molecule has 4 aromatic rings. The predicted octanol–water partition coefficient (Wildman–Crippen LogP) is 3.03. The summed E-state index contributed by atoms with van der Waals surface area (Å²) in [4.78, 5) is 25.1. The molecule has 0 aliphatic heterocycles. The van der Waals surface area contributed by atoms with Gasteiger partial charge in [-0.1, -0.05) is 23.4 Å². The summed E-state index contributed by atoms with van der Waals surface area (Å²) in [5.74, 6) is 0.911. The number of carbonyl (C=O) groups excluding carboxylic acids is 1. The second-order valence-corrected chi connectivity index (χ2v) is 7.02. The first-order chi connectivity index (χ1) is 13.3. The SMILES string of the molecule is O=C(CCc1nc2ccccc2s1)NCCc1nc(-c2ccccn2)no1. The Morgan fingerprint density at radius 1 is 1.07 bits per heavy atom. The van der Waals surface area contributed by atoms with Crippen molar-refractivity contribution in [1.29, 1.82) is 0 Å². The highest BCUT2D eigenvalue weighted by Gasteiger charge is 2.10. The van der Waals surface area contributed by atoms with Crippen molar-refractivity contribution in [3.63, 3.8) is 0 Å². The topological polar surface area (TPSA) is 93.8 Å². The summed E-state index contributed by atoms with van der Waals surface area (Å²) >= 11 is 1.63. The van der Waals surface area contributed by atoms with Crippen LogP contribution in [0, 0.1) is 0 Å². The van der Waals surface area contributed by atoms with E-state index in [4.69, 9.17) is 4.52 Å². The van der Waals surface area contributed by atoms with Crippen molar-refractivity contribution in [3.05, 3.63) is 59.6 Å². The van der Waals surface area contributed by atoms with Gasteiger partial charge in [0.1, 0.15) is 5.69 Å². The molecule has 3 heterocycles. The number of nitrogens with one attached hydrogen (secondary N) is 1. The van der Waals surface area contributed by atoms with Gasteiger partial charge in [-0.2, -0.15) is 4.98 Å². The number of carbonyl (C=O) groups is 1. The lowest BCUT2D eigenvalue weighted by Crippen LogP contribution is -2.25. The molecular formula is C19H17N5O2S. The molecule has 0 unspecified atom stereocenters. The van der Waals surface area contributed by atoms with E-state index in [1.807, 2.05) is 42.5 Å². The number of amides is 1. The monoisotopic (exact) mass is 379 g/mol. The molecule has 27 heavy (non-hydrogen) atoms. The van der Waals surface area contributed by atoms with E-state index in [1.54, 1.807) is 17.5 Å². The van der Waals surface area contributed by atoms with Gasteiger partial charge in [-0.05, 0) is 24.3 Å². The van der Waals surface area contributed by atoms with Crippen molar-refractivity contribution in [2.75, 3.05) is 6.54 Å². The maximum Gasteiger partial charge on any atom is 0.228 e. The maximum absolute atomic E-state index is 12.0. The molecule has 1 aromatic carbocycles. The highest BCUT2D eigenvalue weighted by atomic mass is 32.1. The van der Waals surface area contributed by atoms with Crippen molar-refractivity contribution in [1.82, 2.24) is 25.4 Å². The van der Waals surface area contributed by atoms with Crippen LogP contribution >= 0.6 is 11.3 Å². The third-order valence-electron chi connectivity index (χ3n) is 3.93. The van der Waals surface area contributed by atoms with Crippen molar-refractivity contribution in [2.45, 2.75) is 19.3 Å². The third-order valence-corrected chi connectivity index (χ3v) is 5.02. The first kappa shape index (κ1) is 17.3. The van der Waals surface area contributed by atoms with Crippen molar-refractivity contribution >= 4 is 27.5 Å². The van der Waals surface area contributed by atoms with E-state index in [9.17, 15) is 4.79 Å². The van der Waals surface area contributed by atoms with Crippen molar-refractivity contribution in [3.8, 4) is 11.5 Å². The summed E-state index contributed by atoms with van der Waals surface area (Å²) in [6, 6.07) is 13.5. The zero-order valence-corrected chi connectivity index (χ0v) is 15.3. The van der Waals surface area contributed by atoms with Crippen LogP contribution in [0.25, 0.3) is 21.7 Å². The minimum atomic E-state index is -0.0151. The number of hydrogen-bond donors (Lipinski definition) is 1. The first-order valence-corrected chi connectivity index (χ1v) is 9.45. The lowest BCUT2D eigenvalue weighted by molar-refractivity contribution is -0.121. The maximum atomic E-state index is 12.0. The van der Waals surface area contributed by atoms with Crippen LogP contribution in [-0.4, -0.2) is 32.6 Å². The standard InChI is InChI=1S/C19H17N5O2S/c25-16(8-9-18-22-13-5-1-2-7-15(13)27-18)21-12-10-17-23-19(24-26-17)14-6-3-4-11-20-14/h1-7,11H,8-10,12H2,(H,21,25). The van der Waals surface area contributed by atoms with Crippen LogP contribution in [0.4, 0.5) is 0 Å². The van der Waals surface area contributed by atoms with Crippen molar-refractivity contribution < 1.29 is 9.32 Å². The number of fused-ring (bicyclic) bond motifs is 1. The average molecular weight is 379 g/mol. The largest absolute Gasteiger partial charge is 0.356 e. The van der Waals surface area contributed by atoms with E-state index in [2.05, 4.69) is 25.4 Å². The fraction of sp³-hybridized carbons (Fsp3) is 0.211. The lowest BCUT2D eigenvalue weighted by Gasteiger charge is -2.01. The van der Waals surface area contributed by atoms with E-state index in [-0.39, 0.29) is 5.91 Å². The van der Waals surface area contributed by atoms with Crippen LogP contribution in [0.1, 0.15) is 17.3 Å². The molecule has 0 atom stereocenters. The number of pyridine rings is 1. The number of benzene rings is 1. The van der Waals surface area contributed by atoms with Gasteiger partial charge in [0.15, 0.2) is 0 Å². The van der Waals surface area contributed by atoms with Gasteiger partial charge in [0.05, 0.1) is 15.2 Å². The fourth-order valence-corrected chi connectivity index (χ4v) is 3.57. The Hall–Kier alpha value is -3.13.